The second kappa shape index (κ2) is 3.47. The number of hydrogen-bond acceptors (Lipinski definition) is 4. The van der Waals surface area contributed by atoms with E-state index in [9.17, 15) is 15.0 Å². The van der Waals surface area contributed by atoms with Crippen molar-refractivity contribution < 1.29 is 19.7 Å². The molecule has 1 rings (SSSR count). The molecule has 1 aliphatic rings. The third-order valence-corrected chi connectivity index (χ3v) is 1.94. The monoisotopic (exact) mass is 186 g/mol. The molecule has 1 saturated heterocycles. The summed E-state index contributed by atoms with van der Waals surface area (Å²) >= 11 is 0. The lowest BCUT2D eigenvalue weighted by Gasteiger charge is -2.16. The Labute approximate surface area is 76.8 Å². The van der Waals surface area contributed by atoms with Crippen molar-refractivity contribution in [1.29, 1.82) is 0 Å². The number of aliphatic hydroxyl groups excluding tert-OH is 1. The molecule has 1 aliphatic heterocycles. The smallest absolute Gasteiger partial charge is 0.345 e. The lowest BCUT2D eigenvalue weighted by atomic mass is 9.97. The van der Waals surface area contributed by atoms with Crippen LogP contribution in [-0.4, -0.2) is 34.5 Å². The Morgan fingerprint density at radius 2 is 2.31 bits per heavy atom. The molecule has 13 heavy (non-hydrogen) atoms. The molecule has 0 aromatic rings. The highest BCUT2D eigenvalue weighted by molar-refractivity contribution is 5.84. The number of hydrogen-bond donors (Lipinski definition) is 2. The molecule has 4 heteroatoms. The lowest BCUT2D eigenvalue weighted by Crippen LogP contribution is -2.42. The Morgan fingerprint density at radius 3 is 2.69 bits per heavy atom. The molecule has 0 bridgehead atoms. The SMILES string of the molecule is CC(C)/C=C/C1(O)C(=O)OCC1O. The highest BCUT2D eigenvalue weighted by Gasteiger charge is 2.48. The van der Waals surface area contributed by atoms with Gasteiger partial charge >= 0.3 is 5.97 Å². The molecule has 4 nitrogen and oxygen atoms in total. The van der Waals surface area contributed by atoms with Gasteiger partial charge in [0, 0.05) is 0 Å². The Bertz CT molecular complexity index is 234. The van der Waals surface area contributed by atoms with E-state index in [4.69, 9.17) is 0 Å². The molecule has 2 N–H and O–H groups in total. The molecule has 0 spiro atoms. The van der Waals surface area contributed by atoms with Crippen molar-refractivity contribution in [3.8, 4) is 0 Å². The number of esters is 1. The average Bonchev–Trinajstić information content (AvgIpc) is 2.31. The van der Waals surface area contributed by atoms with Crippen molar-refractivity contribution in [2.45, 2.75) is 25.6 Å². The Kier molecular flexibility index (Phi) is 2.73. The van der Waals surface area contributed by atoms with Crippen LogP contribution in [0.3, 0.4) is 0 Å². The molecule has 0 saturated carbocycles. The predicted molar refractivity (Wildman–Crippen MR) is 45.9 cm³/mol. The first kappa shape index (κ1) is 10.2. The van der Waals surface area contributed by atoms with Gasteiger partial charge in [-0.25, -0.2) is 4.79 Å². The van der Waals surface area contributed by atoms with E-state index in [1.807, 2.05) is 13.8 Å². The first-order chi connectivity index (χ1) is 5.97. The summed E-state index contributed by atoms with van der Waals surface area (Å²) in [6.45, 7) is 3.68. The number of cyclic esters (lactones) is 1. The van der Waals surface area contributed by atoms with E-state index < -0.39 is 17.7 Å². The van der Waals surface area contributed by atoms with Crippen LogP contribution in [0.4, 0.5) is 0 Å². The van der Waals surface area contributed by atoms with Crippen molar-refractivity contribution in [2.75, 3.05) is 6.61 Å². The van der Waals surface area contributed by atoms with E-state index in [1.54, 1.807) is 6.08 Å². The molecule has 74 valence electrons. The Hall–Kier alpha value is -0.870. The van der Waals surface area contributed by atoms with Crippen LogP contribution in [0.5, 0.6) is 0 Å². The number of allylic oxidation sites excluding steroid dienone is 1. The fourth-order valence-corrected chi connectivity index (χ4v) is 1.05. The topological polar surface area (TPSA) is 66.8 Å². The maximum Gasteiger partial charge on any atom is 0.345 e. The summed E-state index contributed by atoms with van der Waals surface area (Å²) in [5.41, 5.74) is -1.84. The van der Waals surface area contributed by atoms with Crippen LogP contribution in [0.1, 0.15) is 13.8 Å². The van der Waals surface area contributed by atoms with E-state index >= 15 is 0 Å². The van der Waals surface area contributed by atoms with Gasteiger partial charge in [0.1, 0.15) is 12.7 Å². The third-order valence-electron chi connectivity index (χ3n) is 1.94. The van der Waals surface area contributed by atoms with Crippen LogP contribution in [0.2, 0.25) is 0 Å². The van der Waals surface area contributed by atoms with Crippen molar-refractivity contribution in [2.24, 2.45) is 5.92 Å². The zero-order valence-electron chi connectivity index (χ0n) is 7.73. The van der Waals surface area contributed by atoms with Crippen LogP contribution in [0.15, 0.2) is 12.2 Å². The Morgan fingerprint density at radius 1 is 1.69 bits per heavy atom. The van der Waals surface area contributed by atoms with E-state index in [-0.39, 0.29) is 12.5 Å². The molecular formula is C9H14O4. The van der Waals surface area contributed by atoms with Gasteiger partial charge in [0.15, 0.2) is 0 Å². The van der Waals surface area contributed by atoms with E-state index in [0.717, 1.165) is 0 Å². The number of carbonyl (C=O) groups is 1. The highest BCUT2D eigenvalue weighted by atomic mass is 16.6. The molecule has 0 amide bonds. The average molecular weight is 186 g/mol. The van der Waals surface area contributed by atoms with Gasteiger partial charge in [-0.3, -0.25) is 0 Å². The first-order valence-electron chi connectivity index (χ1n) is 4.24. The minimum absolute atomic E-state index is 0.141. The first-order valence-corrected chi connectivity index (χ1v) is 4.24. The second-order valence-electron chi connectivity index (χ2n) is 3.54. The molecule has 1 heterocycles. The lowest BCUT2D eigenvalue weighted by molar-refractivity contribution is -0.151. The summed E-state index contributed by atoms with van der Waals surface area (Å²) < 4.78 is 4.52. The van der Waals surface area contributed by atoms with E-state index in [2.05, 4.69) is 4.74 Å². The largest absolute Gasteiger partial charge is 0.460 e. The van der Waals surface area contributed by atoms with Gasteiger partial charge in [0.05, 0.1) is 0 Å². The fourth-order valence-electron chi connectivity index (χ4n) is 1.05. The fraction of sp³-hybridized carbons (Fsp3) is 0.667. The van der Waals surface area contributed by atoms with Crippen LogP contribution in [0, 0.1) is 5.92 Å². The van der Waals surface area contributed by atoms with Crippen LogP contribution in [-0.2, 0) is 9.53 Å². The number of aliphatic hydroxyl groups is 2. The maximum absolute atomic E-state index is 11.0. The van der Waals surface area contributed by atoms with E-state index in [0.29, 0.717) is 0 Å². The number of ether oxygens (including phenoxy) is 1. The van der Waals surface area contributed by atoms with Gasteiger partial charge in [-0.05, 0) is 12.0 Å². The summed E-state index contributed by atoms with van der Waals surface area (Å²) in [5, 5.41) is 19.0. The summed E-state index contributed by atoms with van der Waals surface area (Å²) in [7, 11) is 0. The number of carbonyl (C=O) groups excluding carboxylic acids is 1. The summed E-state index contributed by atoms with van der Waals surface area (Å²) in [6.07, 6.45) is 1.81. The molecule has 2 atom stereocenters. The quantitative estimate of drug-likeness (QED) is 0.465. The van der Waals surface area contributed by atoms with Gasteiger partial charge < -0.3 is 14.9 Å². The molecule has 0 aromatic carbocycles. The van der Waals surface area contributed by atoms with Gasteiger partial charge in [-0.15, -0.1) is 0 Å². The van der Waals surface area contributed by atoms with Crippen molar-refractivity contribution >= 4 is 5.97 Å². The van der Waals surface area contributed by atoms with Crippen LogP contribution in [0.25, 0.3) is 0 Å². The molecule has 1 fully saturated rings. The van der Waals surface area contributed by atoms with Gasteiger partial charge in [0.2, 0.25) is 5.60 Å². The minimum atomic E-state index is -1.84. The molecule has 0 aliphatic carbocycles. The third kappa shape index (κ3) is 1.89. The summed E-state index contributed by atoms with van der Waals surface area (Å²) in [6, 6.07) is 0. The zero-order chi connectivity index (χ0) is 10.1. The molecule has 0 aromatic heterocycles. The van der Waals surface area contributed by atoms with Crippen molar-refractivity contribution in [3.63, 3.8) is 0 Å². The van der Waals surface area contributed by atoms with Crippen LogP contribution >= 0.6 is 0 Å². The standard InChI is InChI=1S/C9H14O4/c1-6(2)3-4-9(12)7(10)5-13-8(9)11/h3-4,6-7,10,12H,5H2,1-2H3/b4-3+. The van der Waals surface area contributed by atoms with Gasteiger partial charge in [0.25, 0.3) is 0 Å². The predicted octanol–water partition coefficient (Wildman–Crippen LogP) is -0.153. The summed E-state index contributed by atoms with van der Waals surface area (Å²) in [5.74, 6) is -0.568. The zero-order valence-corrected chi connectivity index (χ0v) is 7.73. The summed E-state index contributed by atoms with van der Waals surface area (Å²) in [4.78, 5) is 11.0. The van der Waals surface area contributed by atoms with Crippen molar-refractivity contribution in [3.05, 3.63) is 12.2 Å². The normalized spacial score (nSPS) is 34.5. The number of rotatable bonds is 2. The van der Waals surface area contributed by atoms with E-state index in [1.165, 1.54) is 6.08 Å². The second-order valence-corrected chi connectivity index (χ2v) is 3.54. The maximum atomic E-state index is 11.0. The van der Waals surface area contributed by atoms with Gasteiger partial charge in [-0.2, -0.15) is 0 Å². The minimum Gasteiger partial charge on any atom is -0.460 e. The van der Waals surface area contributed by atoms with Crippen LogP contribution < -0.4 is 0 Å². The Balaban J connectivity index is 2.79. The molecule has 2 unspecified atom stereocenters. The molecule has 0 radical (unpaired) electrons. The highest BCUT2D eigenvalue weighted by Crippen LogP contribution is 2.22. The molecular weight excluding hydrogens is 172 g/mol. The van der Waals surface area contributed by atoms with Gasteiger partial charge in [-0.1, -0.05) is 19.9 Å². The van der Waals surface area contributed by atoms with Crippen molar-refractivity contribution in [1.82, 2.24) is 0 Å².